The number of nitrogens with one attached hydrogen (secondary N) is 2. The van der Waals surface area contributed by atoms with Gasteiger partial charge in [0.15, 0.2) is 5.96 Å². The predicted molar refractivity (Wildman–Crippen MR) is 118 cm³/mol. The van der Waals surface area contributed by atoms with Gasteiger partial charge in [0.1, 0.15) is 0 Å². The fraction of sp³-hybridized carbons (Fsp3) is 0.684. The lowest BCUT2D eigenvalue weighted by Gasteiger charge is -2.18. The van der Waals surface area contributed by atoms with Gasteiger partial charge in [0, 0.05) is 31.5 Å². The second kappa shape index (κ2) is 16.1. The highest BCUT2D eigenvalue weighted by molar-refractivity contribution is 14.0. The van der Waals surface area contributed by atoms with E-state index < -0.39 is 0 Å². The van der Waals surface area contributed by atoms with Crippen molar-refractivity contribution < 1.29 is 9.84 Å². The molecule has 1 aromatic heterocycles. The third kappa shape index (κ3) is 10.2. The molecule has 6 nitrogen and oxygen atoms in total. The number of aliphatic hydroxyl groups is 1. The molecular weight excluding hydrogens is 443 g/mol. The predicted octanol–water partition coefficient (Wildman–Crippen LogP) is 3.34. The van der Waals surface area contributed by atoms with Crippen LogP contribution in [0.3, 0.4) is 0 Å². The number of pyridine rings is 1. The molecule has 0 radical (unpaired) electrons. The minimum Gasteiger partial charge on any atom is -0.477 e. The van der Waals surface area contributed by atoms with Gasteiger partial charge in [-0.05, 0) is 38.2 Å². The van der Waals surface area contributed by atoms with Crippen molar-refractivity contribution in [3.63, 3.8) is 0 Å². The zero-order valence-electron chi connectivity index (χ0n) is 16.3. The Kier molecular flexibility index (Phi) is 15.4. The second-order valence-corrected chi connectivity index (χ2v) is 6.06. The number of rotatable bonds is 12. The van der Waals surface area contributed by atoms with Gasteiger partial charge in [-0.25, -0.2) is 9.98 Å². The quantitative estimate of drug-likeness (QED) is 0.244. The van der Waals surface area contributed by atoms with E-state index in [0.29, 0.717) is 24.9 Å². The topological polar surface area (TPSA) is 78.8 Å². The molecule has 1 heterocycles. The average molecular weight is 478 g/mol. The van der Waals surface area contributed by atoms with E-state index >= 15 is 0 Å². The molecule has 0 saturated carbocycles. The Bertz CT molecular complexity index is 494. The van der Waals surface area contributed by atoms with Gasteiger partial charge >= 0.3 is 0 Å². The first kappa shape index (κ1) is 24.9. The molecule has 1 aromatic rings. The molecule has 0 saturated heterocycles. The summed E-state index contributed by atoms with van der Waals surface area (Å²) in [5.41, 5.74) is 0.980. The molecule has 0 fully saturated rings. The molecule has 150 valence electrons. The van der Waals surface area contributed by atoms with E-state index in [-0.39, 0.29) is 30.6 Å². The van der Waals surface area contributed by atoms with Gasteiger partial charge < -0.3 is 20.5 Å². The summed E-state index contributed by atoms with van der Waals surface area (Å²) in [6.45, 7) is 9.31. The molecule has 0 aliphatic carbocycles. The number of halogens is 1. The average Bonchev–Trinajstić information content (AvgIpc) is 2.63. The van der Waals surface area contributed by atoms with E-state index in [1.807, 2.05) is 19.1 Å². The molecular formula is C19H35IN4O2. The lowest BCUT2D eigenvalue weighted by atomic mass is 10.0. The van der Waals surface area contributed by atoms with Gasteiger partial charge in [-0.3, -0.25) is 0 Å². The molecule has 1 rings (SSSR count). The number of nitrogens with zero attached hydrogens (tertiary/aromatic N) is 2. The van der Waals surface area contributed by atoms with Crippen molar-refractivity contribution in [1.82, 2.24) is 15.6 Å². The van der Waals surface area contributed by atoms with Gasteiger partial charge in [-0.2, -0.15) is 0 Å². The maximum Gasteiger partial charge on any atom is 0.218 e. The molecule has 0 aliphatic heterocycles. The first-order valence-electron chi connectivity index (χ1n) is 9.44. The fourth-order valence-corrected chi connectivity index (χ4v) is 2.56. The Morgan fingerprint density at radius 1 is 1.23 bits per heavy atom. The number of ether oxygens (including phenoxy) is 1. The van der Waals surface area contributed by atoms with Crippen LogP contribution in [-0.4, -0.2) is 42.4 Å². The third-order valence-corrected chi connectivity index (χ3v) is 3.84. The highest BCUT2D eigenvalue weighted by Crippen LogP contribution is 2.15. The van der Waals surface area contributed by atoms with E-state index in [4.69, 9.17) is 4.74 Å². The lowest BCUT2D eigenvalue weighted by Crippen LogP contribution is -2.40. The Hall–Kier alpha value is -1.09. The van der Waals surface area contributed by atoms with Crippen LogP contribution in [0.15, 0.2) is 23.3 Å². The molecule has 7 heteroatoms. The number of aliphatic imine (C=N–C) groups is 1. The molecule has 0 amide bonds. The Morgan fingerprint density at radius 3 is 2.69 bits per heavy atom. The summed E-state index contributed by atoms with van der Waals surface area (Å²) in [7, 11) is 0. The van der Waals surface area contributed by atoms with Crippen LogP contribution in [0.1, 0.15) is 52.0 Å². The molecule has 0 spiro atoms. The van der Waals surface area contributed by atoms with Crippen LogP contribution in [0.5, 0.6) is 5.88 Å². The summed E-state index contributed by atoms with van der Waals surface area (Å²) in [5, 5.41) is 15.9. The minimum atomic E-state index is 0. The van der Waals surface area contributed by atoms with E-state index in [0.717, 1.165) is 50.3 Å². The number of guanidine groups is 1. The van der Waals surface area contributed by atoms with Crippen LogP contribution in [0.2, 0.25) is 0 Å². The zero-order chi connectivity index (χ0) is 18.3. The van der Waals surface area contributed by atoms with Gasteiger partial charge in [-0.1, -0.05) is 26.3 Å². The summed E-state index contributed by atoms with van der Waals surface area (Å²) in [6, 6.07) is 3.90. The Morgan fingerprint density at radius 2 is 2.04 bits per heavy atom. The van der Waals surface area contributed by atoms with Gasteiger partial charge in [-0.15, -0.1) is 24.0 Å². The van der Waals surface area contributed by atoms with E-state index in [2.05, 4.69) is 34.5 Å². The normalized spacial score (nSPS) is 12.2. The molecule has 1 unspecified atom stereocenters. The summed E-state index contributed by atoms with van der Waals surface area (Å²) in [4.78, 5) is 8.96. The van der Waals surface area contributed by atoms with Crippen molar-refractivity contribution in [2.45, 2.75) is 53.0 Å². The largest absolute Gasteiger partial charge is 0.477 e. The standard InChI is InChI=1S/C19H34N4O2.HI/c1-4-8-16(10-12-24)14-22-19(20-6-3)23-15-17-9-7-11-21-18(17)25-13-5-2;/h7,9,11,16,24H,4-6,8,10,12-15H2,1-3H3,(H2,20,22,23);1H. The molecule has 0 aromatic carbocycles. The van der Waals surface area contributed by atoms with Gasteiger partial charge in [0.25, 0.3) is 0 Å². The van der Waals surface area contributed by atoms with Crippen LogP contribution in [0, 0.1) is 5.92 Å². The summed E-state index contributed by atoms with van der Waals surface area (Å²) in [6.07, 6.45) is 5.73. The summed E-state index contributed by atoms with van der Waals surface area (Å²) < 4.78 is 5.69. The monoisotopic (exact) mass is 478 g/mol. The van der Waals surface area contributed by atoms with Crippen molar-refractivity contribution in [3.8, 4) is 5.88 Å². The number of hydrogen-bond acceptors (Lipinski definition) is 4. The van der Waals surface area contributed by atoms with Crippen LogP contribution in [0.25, 0.3) is 0 Å². The van der Waals surface area contributed by atoms with Crippen molar-refractivity contribution >= 4 is 29.9 Å². The van der Waals surface area contributed by atoms with Crippen molar-refractivity contribution in [2.24, 2.45) is 10.9 Å². The highest BCUT2D eigenvalue weighted by atomic mass is 127. The van der Waals surface area contributed by atoms with Crippen LogP contribution in [-0.2, 0) is 6.54 Å². The first-order chi connectivity index (χ1) is 12.2. The SMILES string of the molecule is CCCOc1ncccc1CN=C(NCC)NCC(CCC)CCO.I. The Balaban J connectivity index is 0.00000625. The third-order valence-electron chi connectivity index (χ3n) is 3.84. The van der Waals surface area contributed by atoms with Crippen LogP contribution >= 0.6 is 24.0 Å². The molecule has 0 bridgehead atoms. The second-order valence-electron chi connectivity index (χ2n) is 6.06. The van der Waals surface area contributed by atoms with Crippen molar-refractivity contribution in [3.05, 3.63) is 23.9 Å². The number of aliphatic hydroxyl groups excluding tert-OH is 1. The maximum absolute atomic E-state index is 9.19. The molecule has 1 atom stereocenters. The zero-order valence-corrected chi connectivity index (χ0v) is 18.7. The van der Waals surface area contributed by atoms with E-state index in [1.54, 1.807) is 6.20 Å². The highest BCUT2D eigenvalue weighted by Gasteiger charge is 2.09. The van der Waals surface area contributed by atoms with Gasteiger partial charge in [0.05, 0.1) is 13.2 Å². The van der Waals surface area contributed by atoms with E-state index in [1.165, 1.54) is 0 Å². The minimum absolute atomic E-state index is 0. The first-order valence-corrected chi connectivity index (χ1v) is 9.44. The molecule has 3 N–H and O–H groups in total. The number of aromatic nitrogens is 1. The van der Waals surface area contributed by atoms with Crippen molar-refractivity contribution in [1.29, 1.82) is 0 Å². The molecule has 0 aliphatic rings. The van der Waals surface area contributed by atoms with Gasteiger partial charge in [0.2, 0.25) is 5.88 Å². The van der Waals surface area contributed by atoms with E-state index in [9.17, 15) is 5.11 Å². The van der Waals surface area contributed by atoms with Crippen LogP contribution < -0.4 is 15.4 Å². The van der Waals surface area contributed by atoms with Crippen LogP contribution in [0.4, 0.5) is 0 Å². The Labute approximate surface area is 175 Å². The molecule has 26 heavy (non-hydrogen) atoms. The lowest BCUT2D eigenvalue weighted by molar-refractivity contribution is 0.251. The summed E-state index contributed by atoms with van der Waals surface area (Å²) in [5.74, 6) is 1.90. The maximum atomic E-state index is 9.19. The fourth-order valence-electron chi connectivity index (χ4n) is 2.56. The van der Waals surface area contributed by atoms with Crippen molar-refractivity contribution in [2.75, 3.05) is 26.3 Å². The number of hydrogen-bond donors (Lipinski definition) is 3. The smallest absolute Gasteiger partial charge is 0.218 e. The summed E-state index contributed by atoms with van der Waals surface area (Å²) >= 11 is 0.